The molecule has 3 atom stereocenters. The second kappa shape index (κ2) is 12.0. The number of hydrogen-bond acceptors (Lipinski definition) is 7. The maximum atomic E-state index is 13.0. The first kappa shape index (κ1) is 28.7. The minimum atomic E-state index is -5.62. The molecule has 0 aliphatic rings. The summed E-state index contributed by atoms with van der Waals surface area (Å²) in [6.45, 7) is 0.195. The zero-order chi connectivity index (χ0) is 24.6. The van der Waals surface area contributed by atoms with Gasteiger partial charge in [-0.25, -0.2) is 4.79 Å². The van der Waals surface area contributed by atoms with Crippen molar-refractivity contribution in [3.05, 3.63) is 0 Å². The van der Waals surface area contributed by atoms with Crippen LogP contribution < -0.4 is 17.2 Å². The number of nitrogens with two attached hydrogens (primary N) is 3. The Balaban J connectivity index is 5.55. The first-order chi connectivity index (χ1) is 14.1. The molecule has 15 heteroatoms. The van der Waals surface area contributed by atoms with E-state index in [0.29, 0.717) is 6.42 Å². The molecule has 0 aromatic heterocycles. The average Bonchev–Trinajstić information content (AvgIpc) is 2.64. The third-order valence-electron chi connectivity index (χ3n) is 4.19. The molecule has 0 heterocycles. The van der Waals surface area contributed by atoms with Crippen LogP contribution in [0.25, 0.3) is 0 Å². The highest BCUT2D eigenvalue weighted by atomic mass is 19.4. The molecular formula is C16H24F6N4O5. The van der Waals surface area contributed by atoms with Gasteiger partial charge in [0.1, 0.15) is 6.04 Å². The summed E-state index contributed by atoms with van der Waals surface area (Å²) in [4.78, 5) is 46.0. The van der Waals surface area contributed by atoms with E-state index in [0.717, 1.165) is 0 Å². The Morgan fingerprint density at radius 3 is 1.74 bits per heavy atom. The van der Waals surface area contributed by atoms with Gasteiger partial charge in [-0.1, -0.05) is 6.42 Å². The Morgan fingerprint density at radius 2 is 1.32 bits per heavy atom. The van der Waals surface area contributed by atoms with Crippen molar-refractivity contribution in [2.75, 3.05) is 6.54 Å². The molecule has 0 aromatic rings. The first-order valence-corrected chi connectivity index (χ1v) is 9.05. The van der Waals surface area contributed by atoms with Crippen LogP contribution in [0.15, 0.2) is 0 Å². The van der Waals surface area contributed by atoms with E-state index in [9.17, 15) is 50.6 Å². The molecule has 0 radical (unpaired) electrons. The Labute approximate surface area is 172 Å². The van der Waals surface area contributed by atoms with E-state index in [2.05, 4.69) is 0 Å². The van der Waals surface area contributed by atoms with Crippen LogP contribution in [0, 0.1) is 0 Å². The summed E-state index contributed by atoms with van der Waals surface area (Å²) in [5.41, 5.74) is 15.8. The van der Waals surface area contributed by atoms with Crippen molar-refractivity contribution in [1.29, 1.82) is 0 Å². The van der Waals surface area contributed by atoms with Crippen LogP contribution in [0.2, 0.25) is 0 Å². The molecule has 0 aliphatic heterocycles. The lowest BCUT2D eigenvalue weighted by molar-refractivity contribution is -0.192. The van der Waals surface area contributed by atoms with E-state index in [1.165, 1.54) is 0 Å². The number of hydrogen-bond donors (Lipinski definition) is 4. The summed E-state index contributed by atoms with van der Waals surface area (Å²) in [6.07, 6.45) is -12.7. The zero-order valence-corrected chi connectivity index (χ0v) is 16.2. The van der Waals surface area contributed by atoms with Crippen molar-refractivity contribution >= 4 is 23.6 Å². The lowest BCUT2D eigenvalue weighted by Crippen LogP contribution is -2.57. The van der Waals surface area contributed by atoms with Gasteiger partial charge in [-0.15, -0.1) is 0 Å². The Kier molecular flexibility index (Phi) is 11.1. The summed E-state index contributed by atoms with van der Waals surface area (Å²) < 4.78 is 75.9. The quantitative estimate of drug-likeness (QED) is 0.237. The largest absolute Gasteiger partial charge is 0.480 e. The van der Waals surface area contributed by atoms with E-state index < -0.39 is 78.2 Å². The van der Waals surface area contributed by atoms with Crippen LogP contribution in [0.1, 0.15) is 38.5 Å². The third kappa shape index (κ3) is 9.18. The van der Waals surface area contributed by atoms with Crippen LogP contribution in [0.5, 0.6) is 0 Å². The molecule has 0 rings (SSSR count). The van der Waals surface area contributed by atoms with E-state index in [-0.39, 0.29) is 19.4 Å². The van der Waals surface area contributed by atoms with Gasteiger partial charge < -0.3 is 22.3 Å². The maximum Gasteiger partial charge on any atom is 0.471 e. The fourth-order valence-corrected chi connectivity index (χ4v) is 2.58. The standard InChI is InChI=1S/C16H24F6N4O5/c17-15(18,19)11(27)8(24)5-3-6-10(13(29)30)26(14(31)16(20,21)22)12(28)9(25)4-1-2-7-23/h8-10H,1-7,23-25H2,(H,29,30)/t8?,9-,10-/m0/s1. The number of carbonyl (C=O) groups excluding carboxylic acids is 3. The summed E-state index contributed by atoms with van der Waals surface area (Å²) in [5.74, 6) is -8.71. The van der Waals surface area contributed by atoms with E-state index in [1.54, 1.807) is 0 Å². The molecule has 0 fully saturated rings. The van der Waals surface area contributed by atoms with Gasteiger partial charge in [0.25, 0.3) is 5.78 Å². The number of Topliss-reactive ketones (excluding diaryl/α,β-unsaturated/α-hetero) is 1. The number of unbranched alkanes of at least 4 members (excludes halogenated alkanes) is 1. The molecule has 7 N–H and O–H groups in total. The van der Waals surface area contributed by atoms with Crippen molar-refractivity contribution in [2.24, 2.45) is 17.2 Å². The molecule has 0 saturated heterocycles. The number of imide groups is 1. The molecule has 2 amide bonds. The number of alkyl halides is 6. The number of aliphatic carboxylic acids is 1. The van der Waals surface area contributed by atoms with Crippen LogP contribution >= 0.6 is 0 Å². The fourth-order valence-electron chi connectivity index (χ4n) is 2.58. The van der Waals surface area contributed by atoms with Crippen molar-refractivity contribution in [2.45, 2.75) is 69.0 Å². The van der Waals surface area contributed by atoms with Crippen molar-refractivity contribution in [1.82, 2.24) is 4.90 Å². The van der Waals surface area contributed by atoms with E-state index in [4.69, 9.17) is 17.2 Å². The highest BCUT2D eigenvalue weighted by Gasteiger charge is 2.50. The van der Waals surface area contributed by atoms with Crippen LogP contribution in [-0.4, -0.2) is 70.6 Å². The van der Waals surface area contributed by atoms with Crippen LogP contribution in [0.4, 0.5) is 26.3 Å². The Bertz CT molecular complexity index is 655. The van der Waals surface area contributed by atoms with Gasteiger partial charge in [-0.2, -0.15) is 26.3 Å². The number of rotatable bonds is 12. The first-order valence-electron chi connectivity index (χ1n) is 9.05. The summed E-state index contributed by atoms with van der Waals surface area (Å²) in [7, 11) is 0. The minimum absolute atomic E-state index is 0.186. The van der Waals surface area contributed by atoms with Gasteiger partial charge in [0.05, 0.1) is 12.1 Å². The van der Waals surface area contributed by atoms with Crippen molar-refractivity contribution < 1.29 is 50.6 Å². The second-order valence-corrected chi connectivity index (χ2v) is 6.66. The normalized spacial score (nSPS) is 15.1. The average molecular weight is 466 g/mol. The molecule has 0 spiro atoms. The summed E-state index contributed by atoms with van der Waals surface area (Å²) in [5, 5.41) is 9.26. The molecule has 1 unspecified atom stereocenters. The Hall–Kier alpha value is -2.26. The smallest absolute Gasteiger partial charge is 0.471 e. The minimum Gasteiger partial charge on any atom is -0.480 e. The number of nitrogens with zero attached hydrogens (tertiary/aromatic N) is 1. The van der Waals surface area contributed by atoms with E-state index >= 15 is 0 Å². The lowest BCUT2D eigenvalue weighted by atomic mass is 10.0. The highest BCUT2D eigenvalue weighted by Crippen LogP contribution is 2.24. The SMILES string of the molecule is NCCCC[C@H](N)C(=O)N(C(=O)C(F)(F)F)[C@@H](CCCC(N)C(=O)C(F)(F)F)C(=O)O. The molecule has 0 aromatic carbocycles. The van der Waals surface area contributed by atoms with Crippen LogP contribution in [0.3, 0.4) is 0 Å². The number of carboxylic acid groups (broad SMARTS) is 1. The topological polar surface area (TPSA) is 170 Å². The second-order valence-electron chi connectivity index (χ2n) is 6.66. The molecule has 9 nitrogen and oxygen atoms in total. The van der Waals surface area contributed by atoms with E-state index in [1.807, 2.05) is 0 Å². The van der Waals surface area contributed by atoms with Crippen LogP contribution in [-0.2, 0) is 19.2 Å². The predicted molar refractivity (Wildman–Crippen MR) is 93.1 cm³/mol. The maximum absolute atomic E-state index is 13.0. The predicted octanol–water partition coefficient (Wildman–Crippen LogP) is 0.442. The van der Waals surface area contributed by atoms with Gasteiger partial charge >= 0.3 is 24.2 Å². The highest BCUT2D eigenvalue weighted by molar-refractivity contribution is 6.03. The summed E-state index contributed by atoms with van der Waals surface area (Å²) in [6, 6.07) is -6.11. The number of halogens is 6. The molecule has 0 aliphatic carbocycles. The lowest BCUT2D eigenvalue weighted by Gasteiger charge is -2.30. The number of carboxylic acids is 1. The monoisotopic (exact) mass is 466 g/mol. The number of amides is 2. The molecule has 180 valence electrons. The van der Waals surface area contributed by atoms with Gasteiger partial charge in [-0.05, 0) is 38.6 Å². The molecule has 0 saturated carbocycles. The van der Waals surface area contributed by atoms with Gasteiger partial charge in [0.2, 0.25) is 5.91 Å². The van der Waals surface area contributed by atoms with Gasteiger partial charge in [0, 0.05) is 0 Å². The fraction of sp³-hybridized carbons (Fsp3) is 0.750. The van der Waals surface area contributed by atoms with Crippen molar-refractivity contribution in [3.63, 3.8) is 0 Å². The van der Waals surface area contributed by atoms with Gasteiger partial charge in [-0.3, -0.25) is 19.3 Å². The molecular weight excluding hydrogens is 442 g/mol. The molecule has 31 heavy (non-hydrogen) atoms. The number of ketones is 1. The third-order valence-corrected chi connectivity index (χ3v) is 4.19. The molecule has 0 bridgehead atoms. The van der Waals surface area contributed by atoms with Crippen molar-refractivity contribution in [3.8, 4) is 0 Å². The number of carbonyl (C=O) groups is 4. The Morgan fingerprint density at radius 1 is 0.806 bits per heavy atom. The summed E-state index contributed by atoms with van der Waals surface area (Å²) >= 11 is 0. The van der Waals surface area contributed by atoms with Gasteiger partial charge in [0.15, 0.2) is 0 Å². The zero-order valence-electron chi connectivity index (χ0n) is 16.2.